The molecule has 170 valence electrons. The van der Waals surface area contributed by atoms with Crippen LogP contribution in [0.2, 0.25) is 0 Å². The van der Waals surface area contributed by atoms with Crippen LogP contribution in [0, 0.1) is 0 Å². The van der Waals surface area contributed by atoms with E-state index in [1.165, 1.54) is 6.08 Å². The number of para-hydroxylation sites is 1. The summed E-state index contributed by atoms with van der Waals surface area (Å²) in [7, 11) is 3.11. The van der Waals surface area contributed by atoms with Crippen LogP contribution in [-0.4, -0.2) is 32.6 Å². The maximum absolute atomic E-state index is 12.8. The number of hydrogen-bond acceptors (Lipinski definition) is 5. The summed E-state index contributed by atoms with van der Waals surface area (Å²) in [5, 5.41) is 5.59. The molecular formula is C26H26N2O5. The predicted molar refractivity (Wildman–Crippen MR) is 129 cm³/mol. The lowest BCUT2D eigenvalue weighted by atomic mass is 10.1. The van der Waals surface area contributed by atoms with Crippen LogP contribution >= 0.6 is 0 Å². The summed E-state index contributed by atoms with van der Waals surface area (Å²) >= 11 is 0. The molecule has 0 atom stereocenters. The third kappa shape index (κ3) is 6.36. The molecule has 0 heterocycles. The Hall–Kier alpha value is -4.26. The monoisotopic (exact) mass is 446 g/mol. The van der Waals surface area contributed by atoms with Crippen LogP contribution in [0.25, 0.3) is 6.08 Å². The van der Waals surface area contributed by atoms with Crippen molar-refractivity contribution in [3.63, 3.8) is 0 Å². The molecule has 0 fully saturated rings. The quantitative estimate of drug-likeness (QED) is 0.452. The SMILES string of the molecule is CCOc1ccc(NC(=O)c2ccccc2NC(=O)/C=C/c2ccc(OC)c(OC)c2)cc1. The summed E-state index contributed by atoms with van der Waals surface area (Å²) in [6.45, 7) is 2.48. The molecule has 2 N–H and O–H groups in total. The average molecular weight is 447 g/mol. The lowest BCUT2D eigenvalue weighted by molar-refractivity contribution is -0.111. The molecule has 7 nitrogen and oxygen atoms in total. The number of hydrogen-bond donors (Lipinski definition) is 2. The van der Waals surface area contributed by atoms with E-state index in [1.54, 1.807) is 81.0 Å². The van der Waals surface area contributed by atoms with E-state index in [4.69, 9.17) is 14.2 Å². The Morgan fingerprint density at radius 2 is 1.61 bits per heavy atom. The predicted octanol–water partition coefficient (Wildman–Crippen LogP) is 5.01. The fourth-order valence-electron chi connectivity index (χ4n) is 3.09. The van der Waals surface area contributed by atoms with Crippen molar-refractivity contribution in [1.82, 2.24) is 0 Å². The van der Waals surface area contributed by atoms with E-state index in [0.717, 1.165) is 11.3 Å². The van der Waals surface area contributed by atoms with Gasteiger partial charge in [-0.25, -0.2) is 0 Å². The van der Waals surface area contributed by atoms with Crippen LogP contribution < -0.4 is 24.8 Å². The molecule has 7 heteroatoms. The van der Waals surface area contributed by atoms with E-state index in [0.29, 0.717) is 35.0 Å². The zero-order valence-electron chi connectivity index (χ0n) is 18.8. The van der Waals surface area contributed by atoms with Crippen molar-refractivity contribution < 1.29 is 23.8 Å². The Bertz CT molecular complexity index is 1140. The first-order valence-corrected chi connectivity index (χ1v) is 10.4. The molecular weight excluding hydrogens is 420 g/mol. The first-order chi connectivity index (χ1) is 16.0. The average Bonchev–Trinajstić information content (AvgIpc) is 2.84. The highest BCUT2D eigenvalue weighted by atomic mass is 16.5. The minimum absolute atomic E-state index is 0.334. The standard InChI is InChI=1S/C26H26N2O5/c1-4-33-20-13-11-19(12-14-20)27-26(30)21-7-5-6-8-22(21)28-25(29)16-10-18-9-15-23(31-2)24(17-18)32-3/h5-17H,4H2,1-3H3,(H,27,30)(H,28,29)/b16-10+. The molecule has 0 aliphatic rings. The van der Waals surface area contributed by atoms with Crippen LogP contribution in [0.1, 0.15) is 22.8 Å². The van der Waals surface area contributed by atoms with Crippen LogP contribution in [0.3, 0.4) is 0 Å². The molecule has 0 saturated carbocycles. The van der Waals surface area contributed by atoms with Crippen molar-refractivity contribution in [1.29, 1.82) is 0 Å². The molecule has 0 bridgehead atoms. The summed E-state index contributed by atoms with van der Waals surface area (Å²) in [6, 6.07) is 19.2. The van der Waals surface area contributed by atoms with Crippen LogP contribution in [-0.2, 0) is 4.79 Å². The Morgan fingerprint density at radius 1 is 0.879 bits per heavy atom. The van der Waals surface area contributed by atoms with Crippen LogP contribution in [0.15, 0.2) is 72.8 Å². The molecule has 0 spiro atoms. The zero-order chi connectivity index (χ0) is 23.6. The van der Waals surface area contributed by atoms with E-state index < -0.39 is 0 Å². The molecule has 3 rings (SSSR count). The highest BCUT2D eigenvalue weighted by molar-refractivity contribution is 6.11. The maximum atomic E-state index is 12.8. The van der Waals surface area contributed by atoms with Crippen LogP contribution in [0.5, 0.6) is 17.2 Å². The van der Waals surface area contributed by atoms with E-state index in [2.05, 4.69) is 10.6 Å². The van der Waals surface area contributed by atoms with E-state index >= 15 is 0 Å². The van der Waals surface area contributed by atoms with E-state index in [1.807, 2.05) is 13.0 Å². The van der Waals surface area contributed by atoms with Crippen molar-refractivity contribution in [2.75, 3.05) is 31.5 Å². The number of carbonyl (C=O) groups is 2. The highest BCUT2D eigenvalue weighted by Crippen LogP contribution is 2.28. The van der Waals surface area contributed by atoms with Crippen molar-refractivity contribution >= 4 is 29.3 Å². The summed E-state index contributed by atoms with van der Waals surface area (Å²) in [4.78, 5) is 25.3. The van der Waals surface area contributed by atoms with E-state index in [9.17, 15) is 9.59 Å². The van der Waals surface area contributed by atoms with Gasteiger partial charge in [0.05, 0.1) is 32.1 Å². The largest absolute Gasteiger partial charge is 0.494 e. The summed E-state index contributed by atoms with van der Waals surface area (Å²) in [5.74, 6) is 1.19. The van der Waals surface area contributed by atoms with Crippen molar-refractivity contribution in [3.05, 3.63) is 83.9 Å². The fraction of sp³-hybridized carbons (Fsp3) is 0.154. The summed E-state index contributed by atoms with van der Waals surface area (Å²) < 4.78 is 15.9. The Labute approximate surface area is 193 Å². The molecule has 0 aromatic heterocycles. The van der Waals surface area contributed by atoms with Gasteiger partial charge in [0.2, 0.25) is 5.91 Å². The third-order valence-electron chi connectivity index (χ3n) is 4.69. The Morgan fingerprint density at radius 3 is 2.30 bits per heavy atom. The smallest absolute Gasteiger partial charge is 0.257 e. The molecule has 0 radical (unpaired) electrons. The lowest BCUT2D eigenvalue weighted by Crippen LogP contribution is -2.17. The zero-order valence-corrected chi connectivity index (χ0v) is 18.8. The molecule has 0 aliphatic carbocycles. The number of amides is 2. The Kier molecular flexibility index (Phi) is 8.07. The molecule has 3 aromatic rings. The maximum Gasteiger partial charge on any atom is 0.257 e. The number of methoxy groups -OCH3 is 2. The molecule has 0 aliphatic heterocycles. The van der Waals surface area contributed by atoms with Gasteiger partial charge in [-0.15, -0.1) is 0 Å². The minimum Gasteiger partial charge on any atom is -0.494 e. The van der Waals surface area contributed by atoms with Gasteiger partial charge in [-0.2, -0.15) is 0 Å². The van der Waals surface area contributed by atoms with Gasteiger partial charge in [0.15, 0.2) is 11.5 Å². The lowest BCUT2D eigenvalue weighted by Gasteiger charge is -2.11. The van der Waals surface area contributed by atoms with Crippen LogP contribution in [0.4, 0.5) is 11.4 Å². The van der Waals surface area contributed by atoms with Gasteiger partial charge in [0.1, 0.15) is 5.75 Å². The fourth-order valence-corrected chi connectivity index (χ4v) is 3.09. The van der Waals surface area contributed by atoms with Gasteiger partial charge in [0, 0.05) is 11.8 Å². The van der Waals surface area contributed by atoms with Crippen molar-refractivity contribution in [3.8, 4) is 17.2 Å². The van der Waals surface area contributed by atoms with Gasteiger partial charge >= 0.3 is 0 Å². The van der Waals surface area contributed by atoms with Crippen molar-refractivity contribution in [2.24, 2.45) is 0 Å². The molecule has 33 heavy (non-hydrogen) atoms. The van der Waals surface area contributed by atoms with Gasteiger partial charge in [-0.05, 0) is 67.1 Å². The molecule has 2 amide bonds. The normalized spacial score (nSPS) is 10.5. The van der Waals surface area contributed by atoms with Gasteiger partial charge in [-0.3, -0.25) is 9.59 Å². The first kappa shape index (κ1) is 23.4. The third-order valence-corrected chi connectivity index (χ3v) is 4.69. The second kappa shape index (κ2) is 11.4. The number of anilines is 2. The minimum atomic E-state index is -0.369. The van der Waals surface area contributed by atoms with Crippen molar-refractivity contribution in [2.45, 2.75) is 6.92 Å². The molecule has 0 unspecified atom stereocenters. The number of rotatable bonds is 9. The number of benzene rings is 3. The number of ether oxygens (including phenoxy) is 3. The summed E-state index contributed by atoms with van der Waals surface area (Å²) in [5.41, 5.74) is 2.14. The highest BCUT2D eigenvalue weighted by Gasteiger charge is 2.13. The van der Waals surface area contributed by atoms with Gasteiger partial charge in [-0.1, -0.05) is 18.2 Å². The van der Waals surface area contributed by atoms with Gasteiger partial charge < -0.3 is 24.8 Å². The molecule has 0 saturated heterocycles. The second-order valence-electron chi connectivity index (χ2n) is 6.89. The number of carbonyl (C=O) groups excluding carboxylic acids is 2. The van der Waals surface area contributed by atoms with Gasteiger partial charge in [0.25, 0.3) is 5.91 Å². The first-order valence-electron chi connectivity index (χ1n) is 10.4. The van der Waals surface area contributed by atoms with E-state index in [-0.39, 0.29) is 11.8 Å². The number of nitrogens with one attached hydrogen (secondary N) is 2. The topological polar surface area (TPSA) is 85.9 Å². The second-order valence-corrected chi connectivity index (χ2v) is 6.89. The molecule has 3 aromatic carbocycles. The Balaban J connectivity index is 1.69. The summed E-state index contributed by atoms with van der Waals surface area (Å²) in [6.07, 6.45) is 3.04.